The van der Waals surface area contributed by atoms with E-state index in [-0.39, 0.29) is 29.8 Å². The SMILES string of the molecule is CC(C)C1=C(C(C)C)C2CC(c3nc4ccc(C(C)C)nn4c32)N(C(C)C)C1=O. The molecule has 5 nitrogen and oxygen atoms in total. The van der Waals surface area contributed by atoms with Crippen LogP contribution in [0.25, 0.3) is 5.65 Å². The Morgan fingerprint density at radius 2 is 1.66 bits per heavy atom. The summed E-state index contributed by atoms with van der Waals surface area (Å²) in [4.78, 5) is 20.8. The van der Waals surface area contributed by atoms with Crippen LogP contribution in [0.15, 0.2) is 23.3 Å². The summed E-state index contributed by atoms with van der Waals surface area (Å²) >= 11 is 0. The minimum absolute atomic E-state index is 0.0247. The monoisotopic (exact) mass is 394 g/mol. The molecule has 2 bridgehead atoms. The first-order valence-corrected chi connectivity index (χ1v) is 11.1. The van der Waals surface area contributed by atoms with Gasteiger partial charge in [0.05, 0.1) is 23.1 Å². The molecule has 0 fully saturated rings. The summed E-state index contributed by atoms with van der Waals surface area (Å²) in [5.74, 6) is 1.26. The van der Waals surface area contributed by atoms with Gasteiger partial charge in [0.15, 0.2) is 5.65 Å². The van der Waals surface area contributed by atoms with Crippen LogP contribution < -0.4 is 0 Å². The molecule has 2 unspecified atom stereocenters. The molecule has 0 radical (unpaired) electrons. The van der Waals surface area contributed by atoms with E-state index in [2.05, 4.69) is 76.9 Å². The van der Waals surface area contributed by atoms with Gasteiger partial charge in [0.1, 0.15) is 0 Å². The zero-order chi connectivity index (χ0) is 21.2. The van der Waals surface area contributed by atoms with Crippen molar-refractivity contribution in [3.8, 4) is 0 Å². The van der Waals surface area contributed by atoms with Crippen LogP contribution in [-0.4, -0.2) is 31.4 Å². The number of allylic oxidation sites excluding steroid dienone is 1. The van der Waals surface area contributed by atoms with Gasteiger partial charge in [-0.1, -0.05) is 41.5 Å². The standard InChI is InChI=1S/C24H34N4O/c1-12(2)17-9-10-19-25-22-18-11-16(23(22)28(19)26-17)20(13(3)4)21(14(5)6)24(29)27(18)15(7)8/h9-10,12-16,18H,11H2,1-8H3. The fourth-order valence-corrected chi connectivity index (χ4v) is 5.31. The lowest BCUT2D eigenvalue weighted by atomic mass is 9.81. The highest BCUT2D eigenvalue weighted by atomic mass is 16.2. The van der Waals surface area contributed by atoms with E-state index in [1.54, 1.807) is 0 Å². The Morgan fingerprint density at radius 1 is 0.966 bits per heavy atom. The Labute approximate surface area is 174 Å². The maximum atomic E-state index is 13.7. The van der Waals surface area contributed by atoms with Crippen molar-refractivity contribution in [1.82, 2.24) is 19.5 Å². The molecule has 5 heteroatoms. The highest BCUT2D eigenvalue weighted by molar-refractivity contribution is 5.96. The molecule has 4 rings (SSSR count). The quantitative estimate of drug-likeness (QED) is 0.712. The minimum Gasteiger partial charge on any atom is -0.328 e. The third kappa shape index (κ3) is 2.92. The van der Waals surface area contributed by atoms with Crippen LogP contribution in [0, 0.1) is 11.8 Å². The number of aromatic nitrogens is 3. The summed E-state index contributed by atoms with van der Waals surface area (Å²) in [6.07, 6.45) is 0.918. The number of fused-ring (bicyclic) bond motifs is 7. The van der Waals surface area contributed by atoms with Gasteiger partial charge < -0.3 is 4.90 Å². The molecule has 1 aliphatic heterocycles. The van der Waals surface area contributed by atoms with Gasteiger partial charge >= 0.3 is 0 Å². The molecule has 0 saturated carbocycles. The predicted octanol–water partition coefficient (Wildman–Crippen LogP) is 5.24. The van der Waals surface area contributed by atoms with E-state index < -0.39 is 0 Å². The Morgan fingerprint density at radius 3 is 2.21 bits per heavy atom. The number of nitrogens with zero attached hydrogens (tertiary/aromatic N) is 4. The fraction of sp³-hybridized carbons (Fsp3) is 0.625. The van der Waals surface area contributed by atoms with E-state index in [0.29, 0.717) is 11.8 Å². The van der Waals surface area contributed by atoms with E-state index in [9.17, 15) is 4.79 Å². The number of carbonyl (C=O) groups is 1. The molecular weight excluding hydrogens is 360 g/mol. The second kappa shape index (κ2) is 6.96. The molecule has 0 spiro atoms. The number of carbonyl (C=O) groups excluding carboxylic acids is 1. The van der Waals surface area contributed by atoms with E-state index >= 15 is 0 Å². The molecule has 0 N–H and O–H groups in total. The molecule has 0 saturated heterocycles. The van der Waals surface area contributed by atoms with E-state index in [4.69, 9.17) is 10.1 Å². The van der Waals surface area contributed by atoms with Crippen molar-refractivity contribution in [2.75, 3.05) is 0 Å². The minimum atomic E-state index is 0.0247. The number of hydrogen-bond donors (Lipinski definition) is 0. The molecular formula is C24H34N4O. The molecule has 29 heavy (non-hydrogen) atoms. The topological polar surface area (TPSA) is 50.5 Å². The molecule has 3 heterocycles. The molecule has 156 valence electrons. The summed E-state index contributed by atoms with van der Waals surface area (Å²) in [6.45, 7) is 17.3. The molecule has 2 atom stereocenters. The molecule has 2 aliphatic rings. The van der Waals surface area contributed by atoms with Crippen LogP contribution in [0.3, 0.4) is 0 Å². The number of hydrogen-bond acceptors (Lipinski definition) is 3. The predicted molar refractivity (Wildman–Crippen MR) is 116 cm³/mol. The fourth-order valence-electron chi connectivity index (χ4n) is 5.31. The Bertz CT molecular complexity index is 996. The Kier molecular flexibility index (Phi) is 4.83. The number of rotatable bonds is 4. The summed E-state index contributed by atoms with van der Waals surface area (Å²) < 4.78 is 2.07. The number of imidazole rings is 1. The summed E-state index contributed by atoms with van der Waals surface area (Å²) in [6, 6.07) is 4.31. The van der Waals surface area contributed by atoms with Gasteiger partial charge in [0.2, 0.25) is 0 Å². The maximum absolute atomic E-state index is 13.7. The van der Waals surface area contributed by atoms with Crippen molar-refractivity contribution in [1.29, 1.82) is 0 Å². The molecule has 1 aliphatic carbocycles. The Hall–Kier alpha value is -2.17. The molecule has 2 aromatic rings. The molecule has 2 aromatic heterocycles. The van der Waals surface area contributed by atoms with Crippen molar-refractivity contribution in [2.45, 2.75) is 85.7 Å². The van der Waals surface area contributed by atoms with Crippen molar-refractivity contribution < 1.29 is 4.79 Å². The average molecular weight is 395 g/mol. The number of amides is 1. The first kappa shape index (κ1) is 20.1. The molecule has 0 aromatic carbocycles. The van der Waals surface area contributed by atoms with Gasteiger partial charge in [-0.15, -0.1) is 0 Å². The van der Waals surface area contributed by atoms with Crippen LogP contribution >= 0.6 is 0 Å². The lowest BCUT2D eigenvalue weighted by Gasteiger charge is -2.33. The van der Waals surface area contributed by atoms with Crippen molar-refractivity contribution >= 4 is 11.6 Å². The van der Waals surface area contributed by atoms with Gasteiger partial charge in [-0.05, 0) is 55.7 Å². The van der Waals surface area contributed by atoms with Gasteiger partial charge in [0.25, 0.3) is 5.91 Å². The highest BCUT2D eigenvalue weighted by Gasteiger charge is 2.48. The van der Waals surface area contributed by atoms with Crippen LogP contribution in [-0.2, 0) is 4.79 Å². The lowest BCUT2D eigenvalue weighted by molar-refractivity contribution is -0.131. The normalized spacial score (nSPS) is 22.1. The van der Waals surface area contributed by atoms with Crippen LogP contribution in [0.4, 0.5) is 0 Å². The van der Waals surface area contributed by atoms with Crippen molar-refractivity contribution in [2.24, 2.45) is 11.8 Å². The van der Waals surface area contributed by atoms with Crippen LogP contribution in [0.2, 0.25) is 0 Å². The smallest absolute Gasteiger partial charge is 0.250 e. The third-order valence-electron chi connectivity index (χ3n) is 6.50. The summed E-state index contributed by atoms with van der Waals surface area (Å²) in [7, 11) is 0. The van der Waals surface area contributed by atoms with Crippen molar-refractivity contribution in [3.63, 3.8) is 0 Å². The first-order valence-electron chi connectivity index (χ1n) is 11.1. The largest absolute Gasteiger partial charge is 0.328 e. The lowest BCUT2D eigenvalue weighted by Crippen LogP contribution is -2.41. The van der Waals surface area contributed by atoms with Crippen LogP contribution in [0.1, 0.15) is 96.8 Å². The first-order chi connectivity index (χ1) is 13.6. The second-order valence-corrected chi connectivity index (χ2v) is 9.85. The zero-order valence-electron chi connectivity index (χ0n) is 19.0. The third-order valence-corrected chi connectivity index (χ3v) is 6.50. The maximum Gasteiger partial charge on any atom is 0.250 e. The van der Waals surface area contributed by atoms with E-state index in [0.717, 1.165) is 29.0 Å². The molecule has 1 amide bonds. The second-order valence-electron chi connectivity index (χ2n) is 9.85. The van der Waals surface area contributed by atoms with E-state index in [1.807, 2.05) is 0 Å². The van der Waals surface area contributed by atoms with Gasteiger partial charge in [-0.3, -0.25) is 4.79 Å². The summed E-state index contributed by atoms with van der Waals surface area (Å²) in [5, 5.41) is 4.98. The van der Waals surface area contributed by atoms with Crippen LogP contribution in [0.5, 0.6) is 0 Å². The highest BCUT2D eigenvalue weighted by Crippen LogP contribution is 2.53. The van der Waals surface area contributed by atoms with Gasteiger partial charge in [-0.25, -0.2) is 9.50 Å². The van der Waals surface area contributed by atoms with E-state index in [1.165, 1.54) is 11.3 Å². The van der Waals surface area contributed by atoms with Gasteiger partial charge in [0, 0.05) is 17.5 Å². The zero-order valence-corrected chi connectivity index (χ0v) is 19.0. The Balaban J connectivity index is 2.05. The summed E-state index contributed by atoms with van der Waals surface area (Å²) in [5.41, 5.74) is 6.51. The average Bonchev–Trinajstić information content (AvgIpc) is 3.11. The van der Waals surface area contributed by atoms with Crippen molar-refractivity contribution in [3.05, 3.63) is 40.4 Å². The van der Waals surface area contributed by atoms with Gasteiger partial charge in [-0.2, -0.15) is 5.10 Å².